The van der Waals surface area contributed by atoms with Gasteiger partial charge in [0.05, 0.1) is 5.54 Å². The van der Waals surface area contributed by atoms with Crippen LogP contribution >= 0.6 is 0 Å². The van der Waals surface area contributed by atoms with Crippen molar-refractivity contribution in [3.05, 3.63) is 35.9 Å². The molecule has 0 radical (unpaired) electrons. The van der Waals surface area contributed by atoms with Crippen LogP contribution in [0, 0.1) is 0 Å². The molecule has 1 aromatic carbocycles. The summed E-state index contributed by atoms with van der Waals surface area (Å²) < 4.78 is 0. The lowest BCUT2D eigenvalue weighted by atomic mass is 9.91. The number of nitrogens with one attached hydrogen (secondary N) is 1. The van der Waals surface area contributed by atoms with Crippen LogP contribution in [0.2, 0.25) is 0 Å². The van der Waals surface area contributed by atoms with Crippen LogP contribution in [0.1, 0.15) is 45.6 Å². The molecule has 1 aliphatic rings. The van der Waals surface area contributed by atoms with Crippen molar-refractivity contribution in [2.24, 2.45) is 0 Å². The predicted octanol–water partition coefficient (Wildman–Crippen LogP) is 3.39. The second-order valence-electron chi connectivity index (χ2n) is 6.09. The third kappa shape index (κ3) is 3.58. The Kier molecular flexibility index (Phi) is 5.00. The minimum atomic E-state index is 0.0831. The summed E-state index contributed by atoms with van der Waals surface area (Å²) >= 11 is 0. The summed E-state index contributed by atoms with van der Waals surface area (Å²) in [5.41, 5.74) is 1.49. The lowest BCUT2D eigenvalue weighted by Gasteiger charge is -2.36. The molecule has 0 amide bonds. The zero-order valence-corrected chi connectivity index (χ0v) is 12.7. The van der Waals surface area contributed by atoms with Gasteiger partial charge < -0.3 is 5.32 Å². The number of rotatable bonds is 4. The van der Waals surface area contributed by atoms with Crippen molar-refractivity contribution in [1.29, 1.82) is 0 Å². The molecule has 19 heavy (non-hydrogen) atoms. The summed E-state index contributed by atoms with van der Waals surface area (Å²) in [5.74, 6) is 0. The normalized spacial score (nSPS) is 29.1. The Balaban J connectivity index is 2.16. The van der Waals surface area contributed by atoms with E-state index < -0.39 is 0 Å². The minimum absolute atomic E-state index is 0.0831. The van der Waals surface area contributed by atoms with Crippen LogP contribution in [0.5, 0.6) is 0 Å². The summed E-state index contributed by atoms with van der Waals surface area (Å²) in [5, 5.41) is 3.77. The van der Waals surface area contributed by atoms with Gasteiger partial charge in [-0.3, -0.25) is 4.90 Å². The van der Waals surface area contributed by atoms with Gasteiger partial charge in [-0.05, 0) is 45.3 Å². The fourth-order valence-electron chi connectivity index (χ4n) is 3.02. The highest BCUT2D eigenvalue weighted by atomic mass is 15.2. The van der Waals surface area contributed by atoms with E-state index in [1.807, 2.05) is 0 Å². The first-order valence-corrected chi connectivity index (χ1v) is 7.70. The molecule has 1 N–H and O–H groups in total. The lowest BCUT2D eigenvalue weighted by molar-refractivity contribution is 0.172. The van der Waals surface area contributed by atoms with Crippen LogP contribution in [0.25, 0.3) is 0 Å². The Labute approximate surface area is 118 Å². The van der Waals surface area contributed by atoms with Gasteiger partial charge in [0.2, 0.25) is 0 Å². The zero-order chi connectivity index (χ0) is 13.7. The molecule has 2 atom stereocenters. The SMILES string of the molecule is CCCCN1CC(C)(c2ccccc2)NCCC1C. The van der Waals surface area contributed by atoms with Crippen molar-refractivity contribution < 1.29 is 0 Å². The molecule has 2 rings (SSSR count). The topological polar surface area (TPSA) is 15.3 Å². The van der Waals surface area contributed by atoms with Gasteiger partial charge >= 0.3 is 0 Å². The van der Waals surface area contributed by atoms with Gasteiger partial charge in [-0.2, -0.15) is 0 Å². The van der Waals surface area contributed by atoms with E-state index in [9.17, 15) is 0 Å². The van der Waals surface area contributed by atoms with Gasteiger partial charge in [-0.1, -0.05) is 43.7 Å². The molecule has 0 aliphatic carbocycles. The Bertz CT molecular complexity index is 376. The van der Waals surface area contributed by atoms with E-state index in [1.165, 1.54) is 31.4 Å². The Hall–Kier alpha value is -0.860. The summed E-state index contributed by atoms with van der Waals surface area (Å²) in [6.07, 6.45) is 3.82. The number of nitrogens with zero attached hydrogens (tertiary/aromatic N) is 1. The maximum Gasteiger partial charge on any atom is 0.0535 e. The number of hydrogen-bond donors (Lipinski definition) is 1. The van der Waals surface area contributed by atoms with Crippen LogP contribution in [0.4, 0.5) is 0 Å². The van der Waals surface area contributed by atoms with Crippen molar-refractivity contribution in [3.63, 3.8) is 0 Å². The molecule has 1 fully saturated rings. The molecular formula is C17H28N2. The minimum Gasteiger partial charge on any atom is -0.306 e. The number of unbranched alkanes of at least 4 members (excludes halogenated alkanes) is 1. The average molecular weight is 260 g/mol. The second kappa shape index (κ2) is 6.53. The molecule has 2 nitrogen and oxygen atoms in total. The molecule has 1 heterocycles. The molecule has 2 unspecified atom stereocenters. The summed E-state index contributed by atoms with van der Waals surface area (Å²) in [6, 6.07) is 11.6. The first-order valence-electron chi connectivity index (χ1n) is 7.70. The van der Waals surface area contributed by atoms with E-state index in [4.69, 9.17) is 0 Å². The molecule has 0 bridgehead atoms. The van der Waals surface area contributed by atoms with Crippen molar-refractivity contribution in [3.8, 4) is 0 Å². The molecule has 0 spiro atoms. The third-order valence-corrected chi connectivity index (χ3v) is 4.43. The Morgan fingerprint density at radius 3 is 2.74 bits per heavy atom. The molecule has 0 aromatic heterocycles. The molecule has 0 saturated carbocycles. The number of benzene rings is 1. The zero-order valence-electron chi connectivity index (χ0n) is 12.7. The fraction of sp³-hybridized carbons (Fsp3) is 0.647. The Morgan fingerprint density at radius 2 is 2.05 bits per heavy atom. The van der Waals surface area contributed by atoms with Crippen LogP contribution < -0.4 is 5.32 Å². The lowest BCUT2D eigenvalue weighted by Crippen LogP contribution is -2.47. The van der Waals surface area contributed by atoms with E-state index in [2.05, 4.69) is 61.3 Å². The molecule has 1 saturated heterocycles. The summed E-state index contributed by atoms with van der Waals surface area (Å²) in [7, 11) is 0. The quantitative estimate of drug-likeness (QED) is 0.893. The molecule has 1 aromatic rings. The maximum absolute atomic E-state index is 3.77. The smallest absolute Gasteiger partial charge is 0.0535 e. The second-order valence-corrected chi connectivity index (χ2v) is 6.09. The van der Waals surface area contributed by atoms with Gasteiger partial charge in [0, 0.05) is 12.6 Å². The standard InChI is InChI=1S/C17H28N2/c1-4-5-13-19-14-17(3,18-12-11-15(19)2)16-9-7-6-8-10-16/h6-10,15,18H,4-5,11-14H2,1-3H3. The molecular weight excluding hydrogens is 232 g/mol. The van der Waals surface area contributed by atoms with E-state index in [0.717, 1.165) is 13.1 Å². The van der Waals surface area contributed by atoms with E-state index in [1.54, 1.807) is 0 Å². The molecule has 106 valence electrons. The average Bonchev–Trinajstić information content (AvgIpc) is 2.58. The summed E-state index contributed by atoms with van der Waals surface area (Å²) in [6.45, 7) is 10.4. The van der Waals surface area contributed by atoms with Crippen molar-refractivity contribution in [2.75, 3.05) is 19.6 Å². The van der Waals surface area contributed by atoms with Gasteiger partial charge in [0.25, 0.3) is 0 Å². The fourth-order valence-corrected chi connectivity index (χ4v) is 3.02. The first kappa shape index (κ1) is 14.5. The highest BCUT2D eigenvalue weighted by Gasteiger charge is 2.32. The Morgan fingerprint density at radius 1 is 1.32 bits per heavy atom. The van der Waals surface area contributed by atoms with Gasteiger partial charge in [0.15, 0.2) is 0 Å². The van der Waals surface area contributed by atoms with E-state index in [-0.39, 0.29) is 5.54 Å². The molecule has 2 heteroatoms. The highest BCUT2D eigenvalue weighted by Crippen LogP contribution is 2.26. The van der Waals surface area contributed by atoms with Crippen molar-refractivity contribution in [2.45, 2.75) is 51.6 Å². The number of hydrogen-bond acceptors (Lipinski definition) is 2. The third-order valence-electron chi connectivity index (χ3n) is 4.43. The maximum atomic E-state index is 3.77. The van der Waals surface area contributed by atoms with Crippen LogP contribution in [-0.2, 0) is 5.54 Å². The largest absolute Gasteiger partial charge is 0.306 e. The first-order chi connectivity index (χ1) is 9.15. The van der Waals surface area contributed by atoms with Crippen LogP contribution in [-0.4, -0.2) is 30.6 Å². The van der Waals surface area contributed by atoms with Crippen molar-refractivity contribution in [1.82, 2.24) is 10.2 Å². The van der Waals surface area contributed by atoms with Gasteiger partial charge in [-0.15, -0.1) is 0 Å². The van der Waals surface area contributed by atoms with E-state index >= 15 is 0 Å². The van der Waals surface area contributed by atoms with Gasteiger partial charge in [0.1, 0.15) is 0 Å². The van der Waals surface area contributed by atoms with Crippen molar-refractivity contribution >= 4 is 0 Å². The van der Waals surface area contributed by atoms with E-state index in [0.29, 0.717) is 6.04 Å². The van der Waals surface area contributed by atoms with Gasteiger partial charge in [-0.25, -0.2) is 0 Å². The molecule has 1 aliphatic heterocycles. The highest BCUT2D eigenvalue weighted by molar-refractivity contribution is 5.24. The monoisotopic (exact) mass is 260 g/mol. The summed E-state index contributed by atoms with van der Waals surface area (Å²) in [4.78, 5) is 2.66. The van der Waals surface area contributed by atoms with Crippen LogP contribution in [0.15, 0.2) is 30.3 Å². The van der Waals surface area contributed by atoms with Crippen LogP contribution in [0.3, 0.4) is 0 Å². The predicted molar refractivity (Wildman–Crippen MR) is 82.4 cm³/mol.